The van der Waals surface area contributed by atoms with E-state index in [0.717, 1.165) is 0 Å². The molecule has 0 radical (unpaired) electrons. The van der Waals surface area contributed by atoms with Crippen LogP contribution >= 0.6 is 0 Å². The monoisotopic (exact) mass is 271 g/mol. The molecule has 2 N–H and O–H groups in total. The second kappa shape index (κ2) is 6.51. The summed E-state index contributed by atoms with van der Waals surface area (Å²) in [6, 6.07) is 8.65. The smallest absolute Gasteiger partial charge is 0.338 e. The number of sulfonamides is 1. The number of ether oxygens (including phenoxy) is 1. The summed E-state index contributed by atoms with van der Waals surface area (Å²) in [4.78, 5) is 11.6. The molecule has 5 nitrogen and oxygen atoms in total. The molecule has 0 amide bonds. The van der Waals surface area contributed by atoms with Gasteiger partial charge in [-0.05, 0) is 31.9 Å². The van der Waals surface area contributed by atoms with Crippen LogP contribution in [-0.2, 0) is 14.8 Å². The highest BCUT2D eigenvalue weighted by Crippen LogP contribution is 2.08. The van der Waals surface area contributed by atoms with Crippen LogP contribution in [0.3, 0.4) is 0 Å². The van der Waals surface area contributed by atoms with E-state index in [1.54, 1.807) is 31.2 Å². The van der Waals surface area contributed by atoms with Crippen molar-refractivity contribution in [1.29, 1.82) is 0 Å². The van der Waals surface area contributed by atoms with Crippen LogP contribution < -0.4 is 5.14 Å². The summed E-state index contributed by atoms with van der Waals surface area (Å²) in [7, 11) is -3.44. The molecular formula is C12H17NO4S. The first-order valence-corrected chi connectivity index (χ1v) is 7.36. The minimum Gasteiger partial charge on any atom is -0.459 e. The van der Waals surface area contributed by atoms with E-state index >= 15 is 0 Å². The van der Waals surface area contributed by atoms with Crippen molar-refractivity contribution in [3.63, 3.8) is 0 Å². The molecule has 0 spiro atoms. The second-order valence-corrected chi connectivity index (χ2v) is 5.83. The fourth-order valence-corrected chi connectivity index (χ4v) is 2.02. The summed E-state index contributed by atoms with van der Waals surface area (Å²) in [5.74, 6) is -0.501. The average molecular weight is 271 g/mol. The van der Waals surface area contributed by atoms with Gasteiger partial charge in [-0.3, -0.25) is 0 Å². The molecule has 0 saturated heterocycles. The Balaban J connectivity index is 2.37. The van der Waals surface area contributed by atoms with Crippen molar-refractivity contribution in [3.8, 4) is 0 Å². The lowest BCUT2D eigenvalue weighted by Gasteiger charge is -2.12. The van der Waals surface area contributed by atoms with Crippen LogP contribution in [0.4, 0.5) is 0 Å². The SMILES string of the molecule is CC(CCCS(N)(=O)=O)OC(=O)c1ccccc1. The van der Waals surface area contributed by atoms with E-state index in [1.807, 2.05) is 6.07 Å². The molecule has 0 aliphatic carbocycles. The van der Waals surface area contributed by atoms with E-state index in [-0.39, 0.29) is 11.9 Å². The van der Waals surface area contributed by atoms with Gasteiger partial charge in [-0.15, -0.1) is 0 Å². The molecular weight excluding hydrogens is 254 g/mol. The van der Waals surface area contributed by atoms with Crippen LogP contribution in [0.5, 0.6) is 0 Å². The van der Waals surface area contributed by atoms with Crippen molar-refractivity contribution in [3.05, 3.63) is 35.9 Å². The molecule has 100 valence electrons. The number of hydrogen-bond donors (Lipinski definition) is 1. The molecule has 1 rings (SSSR count). The highest BCUT2D eigenvalue weighted by molar-refractivity contribution is 7.89. The first-order valence-electron chi connectivity index (χ1n) is 5.65. The molecule has 0 aromatic heterocycles. The van der Waals surface area contributed by atoms with Crippen molar-refractivity contribution in [2.45, 2.75) is 25.9 Å². The maximum Gasteiger partial charge on any atom is 0.338 e. The summed E-state index contributed by atoms with van der Waals surface area (Å²) in [5.41, 5.74) is 0.482. The van der Waals surface area contributed by atoms with E-state index in [9.17, 15) is 13.2 Å². The number of benzene rings is 1. The Morgan fingerprint density at radius 2 is 1.94 bits per heavy atom. The molecule has 0 fully saturated rings. The average Bonchev–Trinajstić information content (AvgIpc) is 2.28. The molecule has 0 heterocycles. The van der Waals surface area contributed by atoms with Gasteiger partial charge < -0.3 is 4.74 Å². The fourth-order valence-electron chi connectivity index (χ4n) is 1.46. The van der Waals surface area contributed by atoms with Crippen LogP contribution in [0.2, 0.25) is 0 Å². The third kappa shape index (κ3) is 5.79. The lowest BCUT2D eigenvalue weighted by atomic mass is 10.2. The van der Waals surface area contributed by atoms with E-state index < -0.39 is 16.0 Å². The Morgan fingerprint density at radius 3 is 2.50 bits per heavy atom. The van der Waals surface area contributed by atoms with Gasteiger partial charge in [-0.25, -0.2) is 18.4 Å². The van der Waals surface area contributed by atoms with Crippen LogP contribution in [0.1, 0.15) is 30.1 Å². The van der Waals surface area contributed by atoms with Gasteiger partial charge in [0.05, 0.1) is 17.4 Å². The van der Waals surface area contributed by atoms with Gasteiger partial charge in [0.2, 0.25) is 10.0 Å². The molecule has 1 aromatic carbocycles. The van der Waals surface area contributed by atoms with Gasteiger partial charge in [0.25, 0.3) is 0 Å². The number of carbonyl (C=O) groups excluding carboxylic acids is 1. The lowest BCUT2D eigenvalue weighted by molar-refractivity contribution is 0.0324. The Hall–Kier alpha value is -1.40. The van der Waals surface area contributed by atoms with Gasteiger partial charge >= 0.3 is 5.97 Å². The number of primary sulfonamides is 1. The highest BCUT2D eigenvalue weighted by atomic mass is 32.2. The molecule has 0 bridgehead atoms. The third-order valence-electron chi connectivity index (χ3n) is 2.36. The number of nitrogens with two attached hydrogens (primary N) is 1. The second-order valence-electron chi connectivity index (χ2n) is 4.09. The van der Waals surface area contributed by atoms with Crippen molar-refractivity contribution in [2.75, 3.05) is 5.75 Å². The minimum atomic E-state index is -3.44. The van der Waals surface area contributed by atoms with Crippen LogP contribution in [0.25, 0.3) is 0 Å². The molecule has 18 heavy (non-hydrogen) atoms. The van der Waals surface area contributed by atoms with Crippen molar-refractivity contribution < 1.29 is 17.9 Å². The highest BCUT2D eigenvalue weighted by Gasteiger charge is 2.12. The molecule has 6 heteroatoms. The Morgan fingerprint density at radius 1 is 1.33 bits per heavy atom. The topological polar surface area (TPSA) is 86.5 Å². The van der Waals surface area contributed by atoms with Crippen LogP contribution in [0, 0.1) is 0 Å². The van der Waals surface area contributed by atoms with Gasteiger partial charge in [0.15, 0.2) is 0 Å². The van der Waals surface area contributed by atoms with E-state index in [1.165, 1.54) is 0 Å². The number of hydrogen-bond acceptors (Lipinski definition) is 4. The Bertz CT molecular complexity index is 484. The van der Waals surface area contributed by atoms with Gasteiger partial charge in [0, 0.05) is 0 Å². The largest absolute Gasteiger partial charge is 0.459 e. The number of rotatable bonds is 6. The third-order valence-corrected chi connectivity index (χ3v) is 3.21. The number of carbonyl (C=O) groups is 1. The molecule has 0 saturated carbocycles. The van der Waals surface area contributed by atoms with Crippen molar-refractivity contribution in [1.82, 2.24) is 0 Å². The van der Waals surface area contributed by atoms with E-state index in [2.05, 4.69) is 0 Å². The summed E-state index contributed by atoms with van der Waals surface area (Å²) in [6.45, 7) is 1.73. The van der Waals surface area contributed by atoms with Gasteiger partial charge in [-0.1, -0.05) is 18.2 Å². The maximum atomic E-state index is 11.6. The lowest BCUT2D eigenvalue weighted by Crippen LogP contribution is -2.19. The zero-order valence-electron chi connectivity index (χ0n) is 10.2. The van der Waals surface area contributed by atoms with E-state index in [4.69, 9.17) is 9.88 Å². The molecule has 0 aliphatic rings. The summed E-state index contributed by atoms with van der Waals surface area (Å²) < 4.78 is 26.6. The predicted molar refractivity (Wildman–Crippen MR) is 68.5 cm³/mol. The maximum absolute atomic E-state index is 11.6. The van der Waals surface area contributed by atoms with E-state index in [0.29, 0.717) is 18.4 Å². The zero-order valence-corrected chi connectivity index (χ0v) is 11.0. The Kier molecular flexibility index (Phi) is 5.30. The van der Waals surface area contributed by atoms with Crippen molar-refractivity contribution >= 4 is 16.0 Å². The number of esters is 1. The summed E-state index contributed by atoms with van der Waals surface area (Å²) in [5, 5.41) is 4.88. The molecule has 1 unspecified atom stereocenters. The summed E-state index contributed by atoms with van der Waals surface area (Å²) >= 11 is 0. The first kappa shape index (κ1) is 14.7. The standard InChI is InChI=1S/C12H17NO4S/c1-10(6-5-9-18(13,15)16)17-12(14)11-7-3-2-4-8-11/h2-4,7-8,10H,5-6,9H2,1H3,(H2,13,15,16). The van der Waals surface area contributed by atoms with Crippen molar-refractivity contribution in [2.24, 2.45) is 5.14 Å². The van der Waals surface area contributed by atoms with Gasteiger partial charge in [-0.2, -0.15) is 0 Å². The summed E-state index contributed by atoms with van der Waals surface area (Å²) in [6.07, 6.45) is 0.510. The zero-order chi connectivity index (χ0) is 13.6. The molecule has 1 aromatic rings. The fraction of sp³-hybridized carbons (Fsp3) is 0.417. The quantitative estimate of drug-likeness (QED) is 0.790. The van der Waals surface area contributed by atoms with Crippen LogP contribution in [-0.4, -0.2) is 26.2 Å². The first-order chi connectivity index (χ1) is 8.38. The molecule has 0 aliphatic heterocycles. The Labute approximate surface area is 107 Å². The normalized spacial score (nSPS) is 13.0. The minimum absolute atomic E-state index is 0.0970. The predicted octanol–water partition coefficient (Wildman–Crippen LogP) is 1.30. The van der Waals surface area contributed by atoms with Crippen LogP contribution in [0.15, 0.2) is 30.3 Å². The van der Waals surface area contributed by atoms with Gasteiger partial charge in [0.1, 0.15) is 0 Å². The molecule has 1 atom stereocenters.